The second kappa shape index (κ2) is 6.87. The Morgan fingerprint density at radius 1 is 1.45 bits per heavy atom. The number of hydrogen-bond acceptors (Lipinski definition) is 2. The number of nitrogens with two attached hydrogens (primary N) is 1. The fourth-order valence-corrected chi connectivity index (χ4v) is 3.61. The van der Waals surface area contributed by atoms with Gasteiger partial charge in [0.1, 0.15) is 5.82 Å². The van der Waals surface area contributed by atoms with Crippen LogP contribution in [0.2, 0.25) is 5.02 Å². The molecule has 0 saturated heterocycles. The maximum atomic E-state index is 13.2. The van der Waals surface area contributed by atoms with Gasteiger partial charge in [-0.2, -0.15) is 0 Å². The van der Waals surface area contributed by atoms with E-state index in [2.05, 4.69) is 21.2 Å². The van der Waals surface area contributed by atoms with Crippen molar-refractivity contribution in [2.24, 2.45) is 17.6 Å². The average molecular weight is 364 g/mol. The lowest BCUT2D eigenvalue weighted by atomic mass is 9.78. The predicted octanol–water partition coefficient (Wildman–Crippen LogP) is 3.95. The molecule has 20 heavy (non-hydrogen) atoms. The van der Waals surface area contributed by atoms with Gasteiger partial charge in [-0.3, -0.25) is 4.79 Å². The first-order chi connectivity index (χ1) is 9.52. The lowest BCUT2D eigenvalue weighted by Gasteiger charge is -2.29. The van der Waals surface area contributed by atoms with Gasteiger partial charge in [-0.05, 0) is 53.4 Å². The molecular weight excluding hydrogens is 347 g/mol. The molecule has 3 N–H and O–H groups in total. The van der Waals surface area contributed by atoms with Crippen molar-refractivity contribution in [1.82, 2.24) is 0 Å². The molecule has 1 aromatic carbocycles. The van der Waals surface area contributed by atoms with E-state index >= 15 is 0 Å². The fraction of sp³-hybridized carbons (Fsp3) is 0.500. The summed E-state index contributed by atoms with van der Waals surface area (Å²) in [6, 6.07) is 2.46. The van der Waals surface area contributed by atoms with E-state index in [0.29, 0.717) is 16.7 Å². The van der Waals surface area contributed by atoms with Crippen LogP contribution in [-0.2, 0) is 4.79 Å². The molecule has 0 heterocycles. The maximum Gasteiger partial charge on any atom is 0.227 e. The smallest absolute Gasteiger partial charge is 0.227 e. The largest absolute Gasteiger partial charge is 0.330 e. The third-order valence-corrected chi connectivity index (χ3v) is 4.73. The highest BCUT2D eigenvalue weighted by atomic mass is 79.9. The Balaban J connectivity index is 2.15. The quantitative estimate of drug-likeness (QED) is 0.854. The van der Waals surface area contributed by atoms with Gasteiger partial charge in [0.2, 0.25) is 5.91 Å². The van der Waals surface area contributed by atoms with Crippen LogP contribution in [0.25, 0.3) is 0 Å². The van der Waals surface area contributed by atoms with Crippen molar-refractivity contribution < 1.29 is 9.18 Å². The van der Waals surface area contributed by atoms with Gasteiger partial charge < -0.3 is 11.1 Å². The number of carbonyl (C=O) groups is 1. The minimum absolute atomic E-state index is 0.0886. The third-order valence-electron chi connectivity index (χ3n) is 3.80. The molecule has 1 aliphatic carbocycles. The molecule has 1 aliphatic rings. The summed E-state index contributed by atoms with van der Waals surface area (Å²) in [6.45, 7) is 0.510. The van der Waals surface area contributed by atoms with Gasteiger partial charge in [0.15, 0.2) is 0 Å². The summed E-state index contributed by atoms with van der Waals surface area (Å²) in [7, 11) is 0. The second-order valence-electron chi connectivity index (χ2n) is 5.12. The Kier molecular flexibility index (Phi) is 5.41. The number of benzene rings is 1. The highest BCUT2D eigenvalue weighted by Gasteiger charge is 2.30. The molecule has 2 rings (SSSR count). The SMILES string of the molecule is NCC1CCCCC1C(=O)Nc1c(Cl)cc(F)cc1Br. The number of anilines is 1. The van der Waals surface area contributed by atoms with Crippen LogP contribution >= 0.6 is 27.5 Å². The normalized spacial score (nSPS) is 22.6. The summed E-state index contributed by atoms with van der Waals surface area (Å²) in [5, 5.41) is 2.99. The molecule has 0 spiro atoms. The van der Waals surface area contributed by atoms with Crippen LogP contribution in [0.4, 0.5) is 10.1 Å². The molecule has 0 radical (unpaired) electrons. The number of halogens is 3. The van der Waals surface area contributed by atoms with Crippen LogP contribution in [0.5, 0.6) is 0 Å². The molecule has 1 aromatic rings. The van der Waals surface area contributed by atoms with E-state index < -0.39 is 5.82 Å². The van der Waals surface area contributed by atoms with E-state index in [9.17, 15) is 9.18 Å². The lowest BCUT2D eigenvalue weighted by Crippen LogP contribution is -2.35. The fourth-order valence-electron chi connectivity index (χ4n) is 2.71. The summed E-state index contributed by atoms with van der Waals surface area (Å²) in [4.78, 5) is 12.4. The van der Waals surface area contributed by atoms with Crippen molar-refractivity contribution >= 4 is 39.1 Å². The first-order valence-electron chi connectivity index (χ1n) is 6.68. The minimum atomic E-state index is -0.447. The van der Waals surface area contributed by atoms with Gasteiger partial charge >= 0.3 is 0 Å². The van der Waals surface area contributed by atoms with E-state index in [4.69, 9.17) is 17.3 Å². The van der Waals surface area contributed by atoms with Crippen LogP contribution < -0.4 is 11.1 Å². The van der Waals surface area contributed by atoms with Crippen molar-refractivity contribution in [3.05, 3.63) is 27.4 Å². The van der Waals surface area contributed by atoms with E-state index in [-0.39, 0.29) is 22.8 Å². The van der Waals surface area contributed by atoms with Crippen molar-refractivity contribution in [2.45, 2.75) is 25.7 Å². The van der Waals surface area contributed by atoms with Gasteiger partial charge in [0.25, 0.3) is 0 Å². The lowest BCUT2D eigenvalue weighted by molar-refractivity contribution is -0.122. The van der Waals surface area contributed by atoms with Gasteiger partial charge in [0.05, 0.1) is 10.7 Å². The average Bonchev–Trinajstić information content (AvgIpc) is 2.42. The van der Waals surface area contributed by atoms with Crippen LogP contribution in [0.15, 0.2) is 16.6 Å². The van der Waals surface area contributed by atoms with E-state index in [1.54, 1.807) is 0 Å². The van der Waals surface area contributed by atoms with Gasteiger partial charge in [-0.1, -0.05) is 24.4 Å². The molecule has 110 valence electrons. The van der Waals surface area contributed by atoms with Gasteiger partial charge in [-0.15, -0.1) is 0 Å². The van der Waals surface area contributed by atoms with Crippen molar-refractivity contribution in [3.8, 4) is 0 Å². The predicted molar refractivity (Wildman–Crippen MR) is 82.2 cm³/mol. The van der Waals surface area contributed by atoms with Crippen molar-refractivity contribution in [2.75, 3.05) is 11.9 Å². The standard InChI is InChI=1S/C14H17BrClFN2O/c15-11-5-9(17)6-12(16)13(11)19-14(20)10-4-2-1-3-8(10)7-18/h5-6,8,10H,1-4,7,18H2,(H,19,20). The molecular formula is C14H17BrClFN2O. The van der Waals surface area contributed by atoms with E-state index in [1.165, 1.54) is 12.1 Å². The van der Waals surface area contributed by atoms with E-state index in [1.807, 2.05) is 0 Å². The summed E-state index contributed by atoms with van der Waals surface area (Å²) in [5.41, 5.74) is 6.16. The zero-order valence-corrected chi connectivity index (χ0v) is 13.3. The molecule has 1 fully saturated rings. The topological polar surface area (TPSA) is 55.1 Å². The Morgan fingerprint density at radius 2 is 2.15 bits per heavy atom. The zero-order valence-electron chi connectivity index (χ0n) is 11.0. The molecule has 0 bridgehead atoms. The van der Waals surface area contributed by atoms with E-state index in [0.717, 1.165) is 25.7 Å². The molecule has 2 atom stereocenters. The first-order valence-corrected chi connectivity index (χ1v) is 7.85. The number of carbonyl (C=O) groups excluding carboxylic acids is 1. The van der Waals surface area contributed by atoms with Gasteiger partial charge in [0, 0.05) is 10.4 Å². The summed E-state index contributed by atoms with van der Waals surface area (Å²) in [6.07, 6.45) is 3.97. The third kappa shape index (κ3) is 3.51. The molecule has 1 amide bonds. The summed E-state index contributed by atoms with van der Waals surface area (Å²) in [5.74, 6) is -0.421. The zero-order chi connectivity index (χ0) is 14.7. The molecule has 0 aromatic heterocycles. The summed E-state index contributed by atoms with van der Waals surface area (Å²) < 4.78 is 13.6. The van der Waals surface area contributed by atoms with Crippen LogP contribution in [0.3, 0.4) is 0 Å². The minimum Gasteiger partial charge on any atom is -0.330 e. The van der Waals surface area contributed by atoms with Crippen LogP contribution in [0.1, 0.15) is 25.7 Å². The highest BCUT2D eigenvalue weighted by Crippen LogP contribution is 2.34. The maximum absolute atomic E-state index is 13.2. The monoisotopic (exact) mass is 362 g/mol. The number of nitrogens with one attached hydrogen (secondary N) is 1. The Hall–Kier alpha value is -0.650. The Labute approximate surface area is 131 Å². The number of hydrogen-bond donors (Lipinski definition) is 2. The Bertz CT molecular complexity index is 489. The number of amides is 1. The molecule has 6 heteroatoms. The van der Waals surface area contributed by atoms with Crippen molar-refractivity contribution in [3.63, 3.8) is 0 Å². The molecule has 0 aliphatic heterocycles. The molecule has 1 saturated carbocycles. The molecule has 3 nitrogen and oxygen atoms in total. The van der Waals surface area contributed by atoms with Crippen LogP contribution in [0, 0.1) is 17.7 Å². The van der Waals surface area contributed by atoms with Crippen molar-refractivity contribution in [1.29, 1.82) is 0 Å². The highest BCUT2D eigenvalue weighted by molar-refractivity contribution is 9.10. The first kappa shape index (κ1) is 15.7. The van der Waals surface area contributed by atoms with Gasteiger partial charge in [-0.25, -0.2) is 4.39 Å². The second-order valence-corrected chi connectivity index (χ2v) is 6.38. The van der Waals surface area contributed by atoms with Crippen LogP contribution in [-0.4, -0.2) is 12.5 Å². The molecule has 2 unspecified atom stereocenters. The summed E-state index contributed by atoms with van der Waals surface area (Å²) >= 11 is 9.20. The number of rotatable bonds is 3. The Morgan fingerprint density at radius 3 is 2.80 bits per heavy atom.